The summed E-state index contributed by atoms with van der Waals surface area (Å²) in [5.74, 6) is -0.848. The van der Waals surface area contributed by atoms with Crippen molar-refractivity contribution in [3.05, 3.63) is 23.8 Å². The van der Waals surface area contributed by atoms with E-state index < -0.39 is 5.97 Å². The quantitative estimate of drug-likeness (QED) is 0.793. The first-order valence-corrected chi connectivity index (χ1v) is 6.21. The summed E-state index contributed by atoms with van der Waals surface area (Å²) in [7, 11) is 0. The molecule has 2 rings (SSSR count). The molecule has 0 saturated heterocycles. The van der Waals surface area contributed by atoms with Crippen LogP contribution in [0.1, 0.15) is 18.4 Å². The monoisotopic (exact) mass is 237 g/mol. The van der Waals surface area contributed by atoms with Crippen molar-refractivity contribution in [1.29, 1.82) is 0 Å². The van der Waals surface area contributed by atoms with Gasteiger partial charge in [-0.2, -0.15) is 0 Å². The average Bonchev–Trinajstić information content (AvgIpc) is 2.17. The molecular formula is C12H15NO2S. The van der Waals surface area contributed by atoms with Gasteiger partial charge in [0.05, 0.1) is 5.92 Å². The summed E-state index contributed by atoms with van der Waals surface area (Å²) in [6.45, 7) is 1.97. The molecule has 1 aliphatic rings. The van der Waals surface area contributed by atoms with Gasteiger partial charge in [-0.25, -0.2) is 0 Å². The summed E-state index contributed by atoms with van der Waals surface area (Å²) in [6, 6.07) is 5.87. The van der Waals surface area contributed by atoms with E-state index in [2.05, 4.69) is 0 Å². The van der Waals surface area contributed by atoms with E-state index in [1.165, 1.54) is 0 Å². The van der Waals surface area contributed by atoms with E-state index in [1.54, 1.807) is 11.8 Å². The molecule has 3 N–H and O–H groups in total. The number of aliphatic carboxylic acids is 1. The molecule has 16 heavy (non-hydrogen) atoms. The highest BCUT2D eigenvalue weighted by Gasteiger charge is 2.37. The summed E-state index contributed by atoms with van der Waals surface area (Å²) in [5, 5.41) is 9.17. The fourth-order valence-corrected chi connectivity index (χ4v) is 3.20. The van der Waals surface area contributed by atoms with Crippen LogP contribution in [-0.2, 0) is 4.79 Å². The highest BCUT2D eigenvalue weighted by molar-refractivity contribution is 8.00. The fourth-order valence-electron chi connectivity index (χ4n) is 1.79. The van der Waals surface area contributed by atoms with Crippen LogP contribution in [0.5, 0.6) is 0 Å². The van der Waals surface area contributed by atoms with E-state index in [-0.39, 0.29) is 11.2 Å². The molecule has 1 saturated carbocycles. The van der Waals surface area contributed by atoms with E-state index in [4.69, 9.17) is 10.8 Å². The number of nitrogens with two attached hydrogens (primary N) is 1. The van der Waals surface area contributed by atoms with Crippen LogP contribution in [0.15, 0.2) is 23.1 Å². The van der Waals surface area contributed by atoms with Crippen LogP contribution in [0.3, 0.4) is 0 Å². The first-order valence-electron chi connectivity index (χ1n) is 5.33. The first kappa shape index (κ1) is 11.3. The first-order chi connectivity index (χ1) is 7.58. The lowest BCUT2D eigenvalue weighted by atomic mass is 9.85. The maximum atomic E-state index is 10.9. The smallest absolute Gasteiger partial charge is 0.307 e. The van der Waals surface area contributed by atoms with Crippen molar-refractivity contribution >= 4 is 23.4 Å². The second kappa shape index (κ2) is 4.37. The van der Waals surface area contributed by atoms with Gasteiger partial charge in [-0.3, -0.25) is 4.79 Å². The van der Waals surface area contributed by atoms with Crippen LogP contribution < -0.4 is 5.73 Å². The highest BCUT2D eigenvalue weighted by atomic mass is 32.2. The van der Waals surface area contributed by atoms with Crippen molar-refractivity contribution < 1.29 is 9.90 Å². The van der Waals surface area contributed by atoms with Crippen molar-refractivity contribution in [3.8, 4) is 0 Å². The maximum Gasteiger partial charge on any atom is 0.307 e. The Morgan fingerprint density at radius 3 is 2.75 bits per heavy atom. The third-order valence-corrected chi connectivity index (χ3v) is 4.45. The minimum atomic E-state index is -0.670. The van der Waals surface area contributed by atoms with Gasteiger partial charge in [0, 0.05) is 15.8 Å². The minimum absolute atomic E-state index is 0.178. The summed E-state index contributed by atoms with van der Waals surface area (Å²) < 4.78 is 0. The molecule has 0 spiro atoms. The van der Waals surface area contributed by atoms with Gasteiger partial charge in [-0.15, -0.1) is 11.8 Å². The van der Waals surface area contributed by atoms with Crippen LogP contribution in [0, 0.1) is 12.8 Å². The Hall–Kier alpha value is -1.16. The Morgan fingerprint density at radius 1 is 1.50 bits per heavy atom. The molecule has 3 nitrogen and oxygen atoms in total. The Bertz CT molecular complexity index is 419. The number of benzene rings is 1. The molecule has 1 aromatic rings. The minimum Gasteiger partial charge on any atom is -0.481 e. The molecule has 1 aliphatic carbocycles. The van der Waals surface area contributed by atoms with Gasteiger partial charge >= 0.3 is 5.97 Å². The summed E-state index contributed by atoms with van der Waals surface area (Å²) in [5.41, 5.74) is 7.58. The van der Waals surface area contributed by atoms with Crippen LogP contribution >= 0.6 is 11.8 Å². The molecule has 2 atom stereocenters. The summed E-state index contributed by atoms with van der Waals surface area (Å²) in [6.07, 6.45) is 1.80. The molecule has 1 fully saturated rings. The zero-order valence-corrected chi connectivity index (χ0v) is 9.96. The SMILES string of the molecule is Cc1cc(SC2CCC2C(=O)O)ccc1N. The number of nitrogen functional groups attached to an aromatic ring is 1. The number of anilines is 1. The van der Waals surface area contributed by atoms with Crippen LogP contribution in [0.25, 0.3) is 0 Å². The molecule has 4 heteroatoms. The number of carboxylic acid groups (broad SMARTS) is 1. The zero-order valence-electron chi connectivity index (χ0n) is 9.14. The van der Waals surface area contributed by atoms with E-state index in [0.717, 1.165) is 29.0 Å². The normalized spacial score (nSPS) is 23.8. The lowest BCUT2D eigenvalue weighted by Crippen LogP contribution is -2.35. The molecule has 2 unspecified atom stereocenters. The van der Waals surface area contributed by atoms with Gasteiger partial charge in [-0.1, -0.05) is 0 Å². The van der Waals surface area contributed by atoms with Crippen LogP contribution in [0.2, 0.25) is 0 Å². The van der Waals surface area contributed by atoms with E-state index in [1.807, 2.05) is 25.1 Å². The lowest BCUT2D eigenvalue weighted by molar-refractivity contribution is -0.144. The van der Waals surface area contributed by atoms with Gasteiger partial charge in [0.25, 0.3) is 0 Å². The van der Waals surface area contributed by atoms with Gasteiger partial charge < -0.3 is 10.8 Å². The number of carboxylic acids is 1. The van der Waals surface area contributed by atoms with Gasteiger partial charge in [-0.05, 0) is 43.5 Å². The fraction of sp³-hybridized carbons (Fsp3) is 0.417. The number of thioether (sulfide) groups is 1. The van der Waals surface area contributed by atoms with E-state index >= 15 is 0 Å². The molecule has 1 aromatic carbocycles. The molecule has 0 aromatic heterocycles. The number of rotatable bonds is 3. The van der Waals surface area contributed by atoms with Crippen molar-refractivity contribution in [2.45, 2.75) is 29.9 Å². The Kier molecular flexibility index (Phi) is 3.10. The highest BCUT2D eigenvalue weighted by Crippen LogP contribution is 2.41. The molecule has 0 aliphatic heterocycles. The van der Waals surface area contributed by atoms with Gasteiger partial charge in [0.2, 0.25) is 0 Å². The predicted octanol–water partition coefficient (Wildman–Crippen LogP) is 2.53. The molecule has 86 valence electrons. The topological polar surface area (TPSA) is 63.3 Å². The van der Waals surface area contributed by atoms with Crippen molar-refractivity contribution in [2.24, 2.45) is 5.92 Å². The Morgan fingerprint density at radius 2 is 2.25 bits per heavy atom. The van der Waals surface area contributed by atoms with Crippen molar-refractivity contribution in [3.63, 3.8) is 0 Å². The number of hydrogen-bond donors (Lipinski definition) is 2. The van der Waals surface area contributed by atoms with Gasteiger partial charge in [0.1, 0.15) is 0 Å². The van der Waals surface area contributed by atoms with Crippen LogP contribution in [-0.4, -0.2) is 16.3 Å². The third-order valence-electron chi connectivity index (χ3n) is 3.06. The van der Waals surface area contributed by atoms with Gasteiger partial charge in [0.15, 0.2) is 0 Å². The second-order valence-electron chi connectivity index (χ2n) is 4.20. The molecule has 0 bridgehead atoms. The van der Waals surface area contributed by atoms with Crippen LogP contribution in [0.4, 0.5) is 5.69 Å². The van der Waals surface area contributed by atoms with E-state index in [0.29, 0.717) is 0 Å². The zero-order chi connectivity index (χ0) is 11.7. The second-order valence-corrected chi connectivity index (χ2v) is 5.51. The Balaban J connectivity index is 2.04. The molecule has 0 amide bonds. The van der Waals surface area contributed by atoms with Crippen molar-refractivity contribution in [1.82, 2.24) is 0 Å². The number of hydrogen-bond acceptors (Lipinski definition) is 3. The predicted molar refractivity (Wildman–Crippen MR) is 65.6 cm³/mol. The van der Waals surface area contributed by atoms with Crippen molar-refractivity contribution in [2.75, 3.05) is 5.73 Å². The number of aryl methyl sites for hydroxylation is 1. The third kappa shape index (κ3) is 2.16. The maximum absolute atomic E-state index is 10.9. The summed E-state index contributed by atoms with van der Waals surface area (Å²) >= 11 is 1.65. The summed E-state index contributed by atoms with van der Waals surface area (Å²) in [4.78, 5) is 12.0. The largest absolute Gasteiger partial charge is 0.481 e. The number of carbonyl (C=O) groups is 1. The molecular weight excluding hydrogens is 222 g/mol. The molecule has 0 radical (unpaired) electrons. The Labute approximate surface area is 99.0 Å². The molecule has 0 heterocycles. The lowest BCUT2D eigenvalue weighted by Gasteiger charge is -2.32. The standard InChI is InChI=1S/C12H15NO2S/c1-7-6-8(2-4-10(7)13)16-11-5-3-9(11)12(14)15/h2,4,6,9,11H,3,5,13H2,1H3,(H,14,15). The van der Waals surface area contributed by atoms with E-state index in [9.17, 15) is 4.79 Å². The average molecular weight is 237 g/mol.